The largest absolute Gasteiger partial charge is 0.464 e. The fourth-order valence-corrected chi connectivity index (χ4v) is 5.02. The zero-order chi connectivity index (χ0) is 27.4. The summed E-state index contributed by atoms with van der Waals surface area (Å²) in [6.45, 7) is 9.09. The smallest absolute Gasteiger partial charge is 0.424 e. The number of hydrazine groups is 1. The van der Waals surface area contributed by atoms with E-state index in [1.165, 1.54) is 5.56 Å². The number of carboxylic acid groups (broad SMARTS) is 1. The van der Waals surface area contributed by atoms with Crippen molar-refractivity contribution in [1.29, 1.82) is 0 Å². The van der Waals surface area contributed by atoms with E-state index in [2.05, 4.69) is 44.8 Å². The number of ether oxygens (including phenoxy) is 1. The fourth-order valence-electron chi connectivity index (χ4n) is 5.02. The van der Waals surface area contributed by atoms with Crippen molar-refractivity contribution in [2.75, 3.05) is 48.1 Å². The number of carbonyl (C=O) groups excluding carboxylic acids is 1. The number of hydrogen-bond acceptors (Lipinski definition) is 8. The minimum Gasteiger partial charge on any atom is -0.464 e. The molecule has 3 aromatic rings. The number of aromatic nitrogens is 2. The monoisotopic (exact) mass is 531 g/mol. The highest BCUT2D eigenvalue weighted by atomic mass is 16.5. The van der Waals surface area contributed by atoms with Gasteiger partial charge in [0.15, 0.2) is 0 Å². The summed E-state index contributed by atoms with van der Waals surface area (Å²) in [6, 6.07) is 12.8. The van der Waals surface area contributed by atoms with Gasteiger partial charge in [-0.3, -0.25) is 4.79 Å². The van der Waals surface area contributed by atoms with E-state index in [0.29, 0.717) is 37.8 Å². The van der Waals surface area contributed by atoms with E-state index in [4.69, 9.17) is 4.74 Å². The van der Waals surface area contributed by atoms with Crippen molar-refractivity contribution < 1.29 is 19.4 Å². The van der Waals surface area contributed by atoms with Crippen molar-refractivity contribution in [2.24, 2.45) is 0 Å². The summed E-state index contributed by atoms with van der Waals surface area (Å²) in [5.74, 6) is 0.682. The zero-order valence-electron chi connectivity index (χ0n) is 22.1. The molecule has 11 heteroatoms. The number of nitrogens with one attached hydrogen (secondary N) is 3. The Labute approximate surface area is 227 Å². The molecule has 2 aliphatic rings. The molecule has 2 amide bonds. The summed E-state index contributed by atoms with van der Waals surface area (Å²) in [7, 11) is 0. The van der Waals surface area contributed by atoms with Gasteiger partial charge in [0.05, 0.1) is 24.5 Å². The molecule has 2 aliphatic heterocycles. The maximum atomic E-state index is 13.7. The van der Waals surface area contributed by atoms with Gasteiger partial charge in [-0.05, 0) is 53.1 Å². The molecule has 0 saturated carbocycles. The average Bonchev–Trinajstić information content (AvgIpc) is 2.95. The summed E-state index contributed by atoms with van der Waals surface area (Å²) < 4.78 is 5.43. The van der Waals surface area contributed by atoms with Crippen LogP contribution >= 0.6 is 0 Å². The van der Waals surface area contributed by atoms with Gasteiger partial charge in [0, 0.05) is 50.5 Å². The quantitative estimate of drug-likeness (QED) is 0.354. The highest BCUT2D eigenvalue weighted by molar-refractivity contribution is 6.09. The number of morpholine rings is 1. The van der Waals surface area contributed by atoms with Gasteiger partial charge in [0.1, 0.15) is 11.6 Å². The molecule has 39 heavy (non-hydrogen) atoms. The fraction of sp³-hybridized carbons (Fsp3) is 0.357. The maximum absolute atomic E-state index is 13.7. The lowest BCUT2D eigenvalue weighted by molar-refractivity contribution is 0.0969. The first-order valence-electron chi connectivity index (χ1n) is 13.0. The Kier molecular flexibility index (Phi) is 7.62. The van der Waals surface area contributed by atoms with E-state index in [-0.39, 0.29) is 11.0 Å². The summed E-state index contributed by atoms with van der Waals surface area (Å²) in [4.78, 5) is 36.5. The van der Waals surface area contributed by atoms with Crippen molar-refractivity contribution in [3.63, 3.8) is 0 Å². The van der Waals surface area contributed by atoms with Crippen LogP contribution in [0.3, 0.4) is 0 Å². The van der Waals surface area contributed by atoms with Crippen molar-refractivity contribution >= 4 is 29.3 Å². The van der Waals surface area contributed by atoms with E-state index in [1.54, 1.807) is 30.6 Å². The summed E-state index contributed by atoms with van der Waals surface area (Å²) in [5, 5.41) is 17.2. The molecular formula is C28H33N7O4. The van der Waals surface area contributed by atoms with Crippen LogP contribution in [0, 0.1) is 0 Å². The molecule has 0 spiro atoms. The highest BCUT2D eigenvalue weighted by Crippen LogP contribution is 2.32. The average molecular weight is 532 g/mol. The molecule has 0 aliphatic carbocycles. The Balaban J connectivity index is 1.38. The Morgan fingerprint density at radius 2 is 1.95 bits per heavy atom. The van der Waals surface area contributed by atoms with Crippen molar-refractivity contribution in [3.05, 3.63) is 77.1 Å². The molecule has 2 aromatic heterocycles. The van der Waals surface area contributed by atoms with Crippen LogP contribution in [0.4, 0.5) is 22.1 Å². The predicted octanol–water partition coefficient (Wildman–Crippen LogP) is 3.14. The molecule has 5 rings (SSSR count). The summed E-state index contributed by atoms with van der Waals surface area (Å²) in [6.07, 6.45) is 2.01. The van der Waals surface area contributed by atoms with Crippen LogP contribution in [0.1, 0.15) is 40.9 Å². The van der Waals surface area contributed by atoms with Crippen LogP contribution < -0.4 is 26.0 Å². The molecule has 0 atom stereocenters. The van der Waals surface area contributed by atoms with Crippen molar-refractivity contribution in [1.82, 2.24) is 20.7 Å². The molecule has 1 fully saturated rings. The van der Waals surface area contributed by atoms with Crippen LogP contribution in [0.5, 0.6) is 0 Å². The zero-order valence-corrected chi connectivity index (χ0v) is 22.1. The van der Waals surface area contributed by atoms with E-state index in [1.807, 2.05) is 24.3 Å². The molecule has 1 saturated heterocycles. The molecule has 0 bridgehead atoms. The number of pyridine rings is 2. The van der Waals surface area contributed by atoms with E-state index >= 15 is 0 Å². The standard InChI is InChI=1S/C28H33N7O4/c1-28(2)18-29-17-20-15-21(5-6-23(20)28)35(33-27(37)38)26(36)22-4-3-8-31-25(22)32-16-19-7-9-30-24(14-19)34-10-12-39-13-11-34/h3-9,14-15,29,33H,10-13,16-18H2,1-2H3,(H,31,32)(H,37,38). The number of rotatable bonds is 6. The molecule has 204 valence electrons. The molecule has 4 heterocycles. The molecule has 0 radical (unpaired) electrons. The number of fused-ring (bicyclic) bond motifs is 1. The van der Waals surface area contributed by atoms with Crippen LogP contribution in [0.25, 0.3) is 0 Å². The van der Waals surface area contributed by atoms with Crippen LogP contribution in [-0.4, -0.2) is 59.9 Å². The second-order valence-electron chi connectivity index (χ2n) is 10.3. The maximum Gasteiger partial charge on any atom is 0.424 e. The second kappa shape index (κ2) is 11.3. The number of carbonyl (C=O) groups is 2. The Morgan fingerprint density at radius 1 is 1.13 bits per heavy atom. The number of amides is 2. The molecule has 1 aromatic carbocycles. The first-order chi connectivity index (χ1) is 18.8. The van der Waals surface area contributed by atoms with Crippen molar-refractivity contribution in [3.8, 4) is 0 Å². The van der Waals surface area contributed by atoms with E-state index in [9.17, 15) is 14.7 Å². The number of anilines is 3. The van der Waals surface area contributed by atoms with Gasteiger partial charge in [0.2, 0.25) is 0 Å². The Hall–Kier alpha value is -4.22. The SMILES string of the molecule is CC1(C)CNCc2cc(N(NC(=O)O)C(=O)c3cccnc3NCc3ccnc(N4CCOCC4)c3)ccc21. The highest BCUT2D eigenvalue weighted by Gasteiger charge is 2.29. The minimum atomic E-state index is -1.34. The third-order valence-electron chi connectivity index (χ3n) is 7.01. The number of benzene rings is 1. The third-order valence-corrected chi connectivity index (χ3v) is 7.01. The van der Waals surface area contributed by atoms with E-state index in [0.717, 1.165) is 41.6 Å². The summed E-state index contributed by atoms with van der Waals surface area (Å²) in [5.41, 5.74) is 6.03. The van der Waals surface area contributed by atoms with Gasteiger partial charge >= 0.3 is 6.09 Å². The van der Waals surface area contributed by atoms with Gasteiger partial charge in [-0.25, -0.2) is 25.2 Å². The number of hydrogen-bond donors (Lipinski definition) is 4. The summed E-state index contributed by atoms with van der Waals surface area (Å²) >= 11 is 0. The normalized spacial score (nSPS) is 16.2. The van der Waals surface area contributed by atoms with Gasteiger partial charge in [0.25, 0.3) is 5.91 Å². The molecule has 11 nitrogen and oxygen atoms in total. The lowest BCUT2D eigenvalue weighted by atomic mass is 9.79. The minimum absolute atomic E-state index is 0.0732. The first kappa shape index (κ1) is 26.4. The van der Waals surface area contributed by atoms with E-state index < -0.39 is 12.0 Å². The Bertz CT molecular complexity index is 1360. The lowest BCUT2D eigenvalue weighted by Gasteiger charge is -2.34. The first-order valence-corrected chi connectivity index (χ1v) is 13.0. The topological polar surface area (TPSA) is 132 Å². The predicted molar refractivity (Wildman–Crippen MR) is 148 cm³/mol. The molecule has 0 unspecified atom stereocenters. The second-order valence-corrected chi connectivity index (χ2v) is 10.3. The third kappa shape index (κ3) is 5.94. The Morgan fingerprint density at radius 3 is 2.74 bits per heavy atom. The lowest BCUT2D eigenvalue weighted by Crippen LogP contribution is -2.46. The van der Waals surface area contributed by atoms with Gasteiger partial charge in [-0.1, -0.05) is 19.9 Å². The van der Waals surface area contributed by atoms with Gasteiger partial charge < -0.3 is 25.4 Å². The van der Waals surface area contributed by atoms with Crippen molar-refractivity contribution in [2.45, 2.75) is 32.4 Å². The van der Waals surface area contributed by atoms with Gasteiger partial charge in [-0.2, -0.15) is 0 Å². The van der Waals surface area contributed by atoms with Crippen LogP contribution in [0.2, 0.25) is 0 Å². The molecule has 4 N–H and O–H groups in total. The van der Waals surface area contributed by atoms with Crippen LogP contribution in [0.15, 0.2) is 54.9 Å². The molecular weight excluding hydrogens is 498 g/mol. The van der Waals surface area contributed by atoms with Gasteiger partial charge in [-0.15, -0.1) is 0 Å². The van der Waals surface area contributed by atoms with Crippen LogP contribution in [-0.2, 0) is 23.2 Å². The number of nitrogens with zero attached hydrogens (tertiary/aromatic N) is 4.